The van der Waals surface area contributed by atoms with Gasteiger partial charge in [0.05, 0.1) is 13.2 Å². The molecule has 100 valence electrons. The fraction of sp³-hybridized carbons (Fsp3) is 0.857. The Morgan fingerprint density at radius 2 is 2.24 bits per heavy atom. The molecule has 0 aromatic heterocycles. The van der Waals surface area contributed by atoms with E-state index in [1.54, 1.807) is 0 Å². The second kappa shape index (κ2) is 6.53. The first-order valence-electron chi connectivity index (χ1n) is 6.58. The van der Waals surface area contributed by atoms with Crippen molar-refractivity contribution < 1.29 is 14.9 Å². The molecule has 3 atom stereocenters. The Morgan fingerprint density at radius 3 is 2.82 bits per heavy atom. The zero-order chi connectivity index (χ0) is 12.9. The quantitative estimate of drug-likeness (QED) is 0.508. The third kappa shape index (κ3) is 5.19. The van der Waals surface area contributed by atoms with Crippen molar-refractivity contribution in [3.8, 4) is 0 Å². The van der Waals surface area contributed by atoms with E-state index in [2.05, 4.69) is 26.8 Å². The molecule has 0 saturated heterocycles. The molecule has 1 saturated carbocycles. The largest absolute Gasteiger partial charge is 0.394 e. The summed E-state index contributed by atoms with van der Waals surface area (Å²) in [6.07, 6.45) is 6.28. The number of rotatable bonds is 8. The molecule has 1 rings (SSSR count). The van der Waals surface area contributed by atoms with Crippen molar-refractivity contribution in [2.75, 3.05) is 13.2 Å². The first-order chi connectivity index (χ1) is 7.98. The normalized spacial score (nSPS) is 28.9. The number of aliphatic hydroxyl groups is 2. The fourth-order valence-corrected chi connectivity index (χ4v) is 2.22. The summed E-state index contributed by atoms with van der Waals surface area (Å²) >= 11 is 0. The summed E-state index contributed by atoms with van der Waals surface area (Å²) in [5.74, 6) is -0.0638. The van der Waals surface area contributed by atoms with E-state index in [1.807, 2.05) is 0 Å². The molecule has 0 aromatic rings. The van der Waals surface area contributed by atoms with Gasteiger partial charge in [0, 0.05) is 12.3 Å². The Balaban J connectivity index is 2.16. The number of allylic oxidation sites excluding steroid dienone is 2. The van der Waals surface area contributed by atoms with Gasteiger partial charge in [-0.15, -0.1) is 0 Å². The van der Waals surface area contributed by atoms with Gasteiger partial charge in [0.2, 0.25) is 0 Å². The van der Waals surface area contributed by atoms with E-state index in [0.717, 1.165) is 25.7 Å². The van der Waals surface area contributed by atoms with Gasteiger partial charge >= 0.3 is 0 Å². The van der Waals surface area contributed by atoms with E-state index in [4.69, 9.17) is 9.84 Å². The van der Waals surface area contributed by atoms with Gasteiger partial charge in [-0.3, -0.25) is 0 Å². The lowest BCUT2D eigenvalue weighted by Gasteiger charge is -2.14. The summed E-state index contributed by atoms with van der Waals surface area (Å²) in [4.78, 5) is 0. The van der Waals surface area contributed by atoms with Gasteiger partial charge in [-0.25, -0.2) is 0 Å². The van der Waals surface area contributed by atoms with Crippen LogP contribution in [0.1, 0.15) is 46.5 Å². The number of hydrogen-bond acceptors (Lipinski definition) is 3. The van der Waals surface area contributed by atoms with Crippen LogP contribution in [-0.2, 0) is 4.74 Å². The van der Waals surface area contributed by atoms with Gasteiger partial charge in [0.15, 0.2) is 5.79 Å². The molecular formula is C14H26O3. The molecular weight excluding hydrogens is 216 g/mol. The Hall–Kier alpha value is -0.380. The molecule has 1 aliphatic carbocycles. The standard InChI is InChI=1S/C14H26O3/c1-11(2)5-4-6-12(3)9-13-10-14(13,16)17-8-7-15/h5,12-13,15-16H,4,6-10H2,1-3H3. The van der Waals surface area contributed by atoms with Crippen molar-refractivity contribution >= 4 is 0 Å². The van der Waals surface area contributed by atoms with Crippen LogP contribution in [0.2, 0.25) is 0 Å². The fourth-order valence-electron chi connectivity index (χ4n) is 2.22. The Kier molecular flexibility index (Phi) is 5.63. The monoisotopic (exact) mass is 242 g/mol. The lowest BCUT2D eigenvalue weighted by molar-refractivity contribution is -0.144. The lowest BCUT2D eigenvalue weighted by Crippen LogP contribution is -2.19. The molecule has 1 fully saturated rings. The van der Waals surface area contributed by atoms with E-state index >= 15 is 0 Å². The Morgan fingerprint density at radius 1 is 1.53 bits per heavy atom. The molecule has 0 spiro atoms. The summed E-state index contributed by atoms with van der Waals surface area (Å²) in [7, 11) is 0. The SMILES string of the molecule is CC(C)=CCCC(C)CC1CC1(O)OCCO. The minimum atomic E-state index is -0.937. The second-order valence-corrected chi connectivity index (χ2v) is 5.52. The van der Waals surface area contributed by atoms with Gasteiger partial charge in [-0.1, -0.05) is 18.6 Å². The minimum absolute atomic E-state index is 0.0227. The van der Waals surface area contributed by atoms with Crippen LogP contribution in [0.15, 0.2) is 11.6 Å². The van der Waals surface area contributed by atoms with Crippen molar-refractivity contribution in [2.24, 2.45) is 11.8 Å². The average Bonchev–Trinajstić information content (AvgIpc) is 2.86. The molecule has 3 heteroatoms. The highest BCUT2D eigenvalue weighted by atomic mass is 16.6. The number of hydrogen-bond donors (Lipinski definition) is 2. The summed E-state index contributed by atoms with van der Waals surface area (Å²) in [6, 6.07) is 0. The molecule has 0 radical (unpaired) electrons. The van der Waals surface area contributed by atoms with Crippen LogP contribution in [0.25, 0.3) is 0 Å². The predicted molar refractivity (Wildman–Crippen MR) is 68.5 cm³/mol. The molecule has 3 unspecified atom stereocenters. The highest BCUT2D eigenvalue weighted by Gasteiger charge is 2.54. The van der Waals surface area contributed by atoms with E-state index in [9.17, 15) is 5.11 Å². The third-order valence-corrected chi connectivity index (χ3v) is 3.36. The molecule has 0 heterocycles. The van der Waals surface area contributed by atoms with E-state index < -0.39 is 5.79 Å². The summed E-state index contributed by atoms with van der Waals surface area (Å²) < 4.78 is 5.24. The maximum absolute atomic E-state index is 9.94. The lowest BCUT2D eigenvalue weighted by atomic mass is 9.98. The van der Waals surface area contributed by atoms with Gasteiger partial charge in [0.1, 0.15) is 0 Å². The second-order valence-electron chi connectivity index (χ2n) is 5.52. The summed E-state index contributed by atoms with van der Waals surface area (Å²) in [6.45, 7) is 6.67. The molecule has 0 aliphatic heterocycles. The number of ether oxygens (including phenoxy) is 1. The van der Waals surface area contributed by atoms with Crippen LogP contribution in [0.4, 0.5) is 0 Å². The minimum Gasteiger partial charge on any atom is -0.394 e. The van der Waals surface area contributed by atoms with Crippen molar-refractivity contribution in [1.82, 2.24) is 0 Å². The van der Waals surface area contributed by atoms with Crippen LogP contribution in [0, 0.1) is 11.8 Å². The topological polar surface area (TPSA) is 49.7 Å². The Labute approximate surface area is 104 Å². The van der Waals surface area contributed by atoms with Crippen molar-refractivity contribution in [3.05, 3.63) is 11.6 Å². The van der Waals surface area contributed by atoms with Gasteiger partial charge in [-0.2, -0.15) is 0 Å². The zero-order valence-corrected chi connectivity index (χ0v) is 11.3. The maximum atomic E-state index is 9.94. The molecule has 1 aliphatic rings. The Bertz CT molecular complexity index is 258. The van der Waals surface area contributed by atoms with Gasteiger partial charge in [0.25, 0.3) is 0 Å². The highest BCUT2D eigenvalue weighted by Crippen LogP contribution is 2.48. The van der Waals surface area contributed by atoms with E-state index in [1.165, 1.54) is 5.57 Å². The van der Waals surface area contributed by atoms with Gasteiger partial charge in [-0.05, 0) is 39.0 Å². The smallest absolute Gasteiger partial charge is 0.169 e. The predicted octanol–water partition coefficient (Wildman–Crippen LogP) is 2.48. The first-order valence-corrected chi connectivity index (χ1v) is 6.58. The van der Waals surface area contributed by atoms with Crippen LogP contribution in [-0.4, -0.2) is 29.2 Å². The molecule has 0 amide bonds. The molecule has 0 bridgehead atoms. The molecule has 0 aromatic carbocycles. The van der Waals surface area contributed by atoms with Crippen LogP contribution >= 0.6 is 0 Å². The molecule has 2 N–H and O–H groups in total. The van der Waals surface area contributed by atoms with Crippen molar-refractivity contribution in [2.45, 2.75) is 52.2 Å². The number of aliphatic hydroxyl groups excluding tert-OH is 1. The zero-order valence-electron chi connectivity index (χ0n) is 11.3. The van der Waals surface area contributed by atoms with Crippen molar-refractivity contribution in [3.63, 3.8) is 0 Å². The average molecular weight is 242 g/mol. The summed E-state index contributed by atoms with van der Waals surface area (Å²) in [5, 5.41) is 18.6. The van der Waals surface area contributed by atoms with E-state index in [-0.39, 0.29) is 19.1 Å². The highest BCUT2D eigenvalue weighted by molar-refractivity contribution is 4.97. The summed E-state index contributed by atoms with van der Waals surface area (Å²) in [5.41, 5.74) is 1.37. The van der Waals surface area contributed by atoms with Crippen LogP contribution in [0.5, 0.6) is 0 Å². The third-order valence-electron chi connectivity index (χ3n) is 3.36. The van der Waals surface area contributed by atoms with Crippen LogP contribution in [0.3, 0.4) is 0 Å². The molecule has 3 nitrogen and oxygen atoms in total. The van der Waals surface area contributed by atoms with Crippen molar-refractivity contribution in [1.29, 1.82) is 0 Å². The van der Waals surface area contributed by atoms with Gasteiger partial charge < -0.3 is 14.9 Å². The first kappa shape index (κ1) is 14.7. The van der Waals surface area contributed by atoms with Crippen LogP contribution < -0.4 is 0 Å². The molecule has 17 heavy (non-hydrogen) atoms. The van der Waals surface area contributed by atoms with E-state index in [0.29, 0.717) is 5.92 Å². The maximum Gasteiger partial charge on any atom is 0.169 e.